The van der Waals surface area contributed by atoms with E-state index in [1.54, 1.807) is 54.7 Å². The Hall–Kier alpha value is -3.60. The number of hydrogen-bond donors (Lipinski definition) is 1. The lowest BCUT2D eigenvalue weighted by molar-refractivity contribution is -0.117. The fraction of sp³-hybridized carbons (Fsp3) is 0.240. The van der Waals surface area contributed by atoms with Gasteiger partial charge in [0.15, 0.2) is 0 Å². The quantitative estimate of drug-likeness (QED) is 0.580. The zero-order valence-corrected chi connectivity index (χ0v) is 18.8. The second-order valence-electron chi connectivity index (χ2n) is 7.71. The van der Waals surface area contributed by atoms with Crippen molar-refractivity contribution in [2.45, 2.75) is 6.42 Å². The van der Waals surface area contributed by atoms with Crippen molar-refractivity contribution in [1.29, 1.82) is 5.26 Å². The second kappa shape index (κ2) is 10.8. The number of rotatable bonds is 6. The highest BCUT2D eigenvalue weighted by atomic mass is 35.5. The molecule has 1 aromatic heterocycles. The first-order valence-corrected chi connectivity index (χ1v) is 11.1. The van der Waals surface area contributed by atoms with Crippen LogP contribution in [-0.4, -0.2) is 48.5 Å². The van der Waals surface area contributed by atoms with Gasteiger partial charge in [0.25, 0.3) is 0 Å². The predicted molar refractivity (Wildman–Crippen MR) is 129 cm³/mol. The molecule has 1 fully saturated rings. The number of benzene rings is 2. The monoisotopic (exact) mass is 461 g/mol. The Balaban J connectivity index is 1.29. The van der Waals surface area contributed by atoms with Crippen LogP contribution in [0.2, 0.25) is 5.02 Å². The SMILES string of the molecule is N#Cc1cccnc1N1CCCN(CC(=O)Nc2ccc(Oc3ccccc3Cl)cc2)CC1. The third-order valence-corrected chi connectivity index (χ3v) is 5.68. The second-order valence-corrected chi connectivity index (χ2v) is 8.12. The van der Waals surface area contributed by atoms with E-state index in [-0.39, 0.29) is 5.91 Å². The number of nitriles is 1. The topological polar surface area (TPSA) is 81.5 Å². The van der Waals surface area contributed by atoms with Crippen LogP contribution in [0, 0.1) is 11.3 Å². The Bertz CT molecular complexity index is 1150. The summed E-state index contributed by atoms with van der Waals surface area (Å²) in [6.45, 7) is 3.35. The van der Waals surface area contributed by atoms with Crippen LogP contribution in [0.4, 0.5) is 11.5 Å². The number of nitrogens with one attached hydrogen (secondary N) is 1. The third kappa shape index (κ3) is 6.01. The van der Waals surface area contributed by atoms with Crippen LogP contribution < -0.4 is 15.0 Å². The Labute approximate surface area is 198 Å². The van der Waals surface area contributed by atoms with Crippen molar-refractivity contribution in [2.24, 2.45) is 0 Å². The molecule has 0 radical (unpaired) electrons. The molecule has 7 nitrogen and oxygen atoms in total. The molecule has 3 aromatic rings. The fourth-order valence-electron chi connectivity index (χ4n) is 3.74. The predicted octanol–water partition coefficient (Wildman–Crippen LogP) is 4.55. The molecule has 1 aliphatic heterocycles. The van der Waals surface area contributed by atoms with Crippen LogP contribution in [0.15, 0.2) is 66.9 Å². The molecular weight excluding hydrogens is 438 g/mol. The van der Waals surface area contributed by atoms with Crippen LogP contribution in [0.3, 0.4) is 0 Å². The molecule has 1 N–H and O–H groups in total. The first-order chi connectivity index (χ1) is 16.1. The lowest BCUT2D eigenvalue weighted by Gasteiger charge is -2.23. The summed E-state index contributed by atoms with van der Waals surface area (Å²) in [5.41, 5.74) is 1.28. The van der Waals surface area contributed by atoms with Gasteiger partial charge < -0.3 is 15.0 Å². The number of carbonyl (C=O) groups is 1. The van der Waals surface area contributed by atoms with Crippen LogP contribution in [0.5, 0.6) is 11.5 Å². The first kappa shape index (κ1) is 22.6. The first-order valence-electron chi connectivity index (χ1n) is 10.8. The zero-order chi connectivity index (χ0) is 23.0. The molecule has 4 rings (SSSR count). The molecule has 0 bridgehead atoms. The van der Waals surface area contributed by atoms with Gasteiger partial charge in [-0.25, -0.2) is 4.98 Å². The Morgan fingerprint density at radius 3 is 2.67 bits per heavy atom. The molecule has 1 saturated heterocycles. The molecule has 0 atom stereocenters. The smallest absolute Gasteiger partial charge is 0.238 e. The van der Waals surface area contributed by atoms with E-state index < -0.39 is 0 Å². The third-order valence-electron chi connectivity index (χ3n) is 5.36. The van der Waals surface area contributed by atoms with Crippen molar-refractivity contribution in [3.63, 3.8) is 0 Å². The van der Waals surface area contributed by atoms with Gasteiger partial charge in [0.05, 0.1) is 17.1 Å². The van der Waals surface area contributed by atoms with E-state index in [9.17, 15) is 10.1 Å². The van der Waals surface area contributed by atoms with Crippen LogP contribution in [0.1, 0.15) is 12.0 Å². The molecule has 33 heavy (non-hydrogen) atoms. The van der Waals surface area contributed by atoms with Crippen molar-refractivity contribution in [3.8, 4) is 17.6 Å². The minimum Gasteiger partial charge on any atom is -0.456 e. The van der Waals surface area contributed by atoms with Gasteiger partial charge in [-0.1, -0.05) is 23.7 Å². The van der Waals surface area contributed by atoms with E-state index in [2.05, 4.69) is 26.2 Å². The fourth-order valence-corrected chi connectivity index (χ4v) is 3.92. The summed E-state index contributed by atoms with van der Waals surface area (Å²) in [6.07, 6.45) is 2.60. The number of amides is 1. The molecule has 168 valence electrons. The Kier molecular flexibility index (Phi) is 7.40. The van der Waals surface area contributed by atoms with Crippen LogP contribution in [0.25, 0.3) is 0 Å². The molecule has 0 unspecified atom stereocenters. The summed E-state index contributed by atoms with van der Waals surface area (Å²) in [4.78, 5) is 21.2. The lowest BCUT2D eigenvalue weighted by atomic mass is 10.2. The Morgan fingerprint density at radius 2 is 1.88 bits per heavy atom. The van der Waals surface area contributed by atoms with E-state index in [1.165, 1.54) is 0 Å². The molecule has 0 saturated carbocycles. The molecule has 2 heterocycles. The lowest BCUT2D eigenvalue weighted by Crippen LogP contribution is -2.36. The maximum absolute atomic E-state index is 12.6. The molecule has 0 spiro atoms. The van der Waals surface area contributed by atoms with Crippen molar-refractivity contribution in [1.82, 2.24) is 9.88 Å². The highest BCUT2D eigenvalue weighted by Gasteiger charge is 2.20. The molecular formula is C25H24ClN5O2. The number of para-hydroxylation sites is 1. The summed E-state index contributed by atoms with van der Waals surface area (Å²) >= 11 is 6.13. The summed E-state index contributed by atoms with van der Waals surface area (Å²) in [7, 11) is 0. The summed E-state index contributed by atoms with van der Waals surface area (Å²) in [6, 6.07) is 20.2. The minimum absolute atomic E-state index is 0.0706. The highest BCUT2D eigenvalue weighted by Crippen LogP contribution is 2.29. The highest BCUT2D eigenvalue weighted by molar-refractivity contribution is 6.32. The van der Waals surface area contributed by atoms with Gasteiger partial charge in [0, 0.05) is 38.1 Å². The summed E-state index contributed by atoms with van der Waals surface area (Å²) in [5.74, 6) is 1.86. The summed E-state index contributed by atoms with van der Waals surface area (Å²) in [5, 5.41) is 12.8. The van der Waals surface area contributed by atoms with Gasteiger partial charge in [0.2, 0.25) is 5.91 Å². The van der Waals surface area contributed by atoms with Gasteiger partial charge in [-0.15, -0.1) is 0 Å². The largest absolute Gasteiger partial charge is 0.456 e. The molecule has 1 aliphatic rings. The van der Waals surface area contributed by atoms with Gasteiger partial charge in [-0.05, 0) is 55.0 Å². The van der Waals surface area contributed by atoms with E-state index in [0.717, 1.165) is 26.1 Å². The zero-order valence-electron chi connectivity index (χ0n) is 18.1. The van der Waals surface area contributed by atoms with Crippen molar-refractivity contribution >= 4 is 29.0 Å². The number of hydrogen-bond acceptors (Lipinski definition) is 6. The standard InChI is InChI=1S/C25H24ClN5O2/c26-22-6-1-2-7-23(22)33-21-10-8-20(9-11-21)29-24(32)18-30-13-4-14-31(16-15-30)25-19(17-27)5-3-12-28-25/h1-3,5-12H,4,13-16,18H2,(H,29,32). The van der Waals surface area contributed by atoms with Crippen molar-refractivity contribution in [3.05, 3.63) is 77.4 Å². The minimum atomic E-state index is -0.0706. The van der Waals surface area contributed by atoms with Gasteiger partial charge in [0.1, 0.15) is 23.4 Å². The number of ether oxygens (including phenoxy) is 1. The number of carbonyl (C=O) groups excluding carboxylic acids is 1. The number of halogens is 1. The van der Waals surface area contributed by atoms with Crippen molar-refractivity contribution in [2.75, 3.05) is 42.9 Å². The van der Waals surface area contributed by atoms with Gasteiger partial charge in [-0.2, -0.15) is 5.26 Å². The molecule has 8 heteroatoms. The number of aromatic nitrogens is 1. The van der Waals surface area contributed by atoms with E-state index in [4.69, 9.17) is 16.3 Å². The maximum Gasteiger partial charge on any atom is 0.238 e. The number of nitrogens with zero attached hydrogens (tertiary/aromatic N) is 4. The van der Waals surface area contributed by atoms with E-state index in [1.807, 2.05) is 12.1 Å². The van der Waals surface area contributed by atoms with Crippen LogP contribution >= 0.6 is 11.6 Å². The normalized spacial score (nSPS) is 14.2. The maximum atomic E-state index is 12.6. The number of anilines is 2. The van der Waals surface area contributed by atoms with Crippen molar-refractivity contribution < 1.29 is 9.53 Å². The van der Waals surface area contributed by atoms with E-state index in [0.29, 0.717) is 46.7 Å². The number of pyridine rings is 1. The van der Waals surface area contributed by atoms with Gasteiger partial charge >= 0.3 is 0 Å². The van der Waals surface area contributed by atoms with Crippen LogP contribution in [-0.2, 0) is 4.79 Å². The molecule has 2 aromatic carbocycles. The average Bonchev–Trinajstić information content (AvgIpc) is 3.07. The average molecular weight is 462 g/mol. The summed E-state index contributed by atoms with van der Waals surface area (Å²) < 4.78 is 5.78. The van der Waals surface area contributed by atoms with E-state index >= 15 is 0 Å². The van der Waals surface area contributed by atoms with Gasteiger partial charge in [-0.3, -0.25) is 9.69 Å². The molecule has 1 amide bonds. The Morgan fingerprint density at radius 1 is 1.06 bits per heavy atom. The molecule has 0 aliphatic carbocycles.